The van der Waals surface area contributed by atoms with Gasteiger partial charge < -0.3 is 9.32 Å². The highest BCUT2D eigenvalue weighted by molar-refractivity contribution is 5.93. The fourth-order valence-electron chi connectivity index (χ4n) is 9.37. The standard InChI is InChI=1S/C51H41NO/c1-34-14-13-19-40(32-34)52(39-27-25-36(26-28-39)42-30-24-35(2)49-45-21-10-12-23-48(45)53-50(42)49)41-29-31-44-43-20-9-11-22-46(43)51(47(44)33-41,37-15-5-3-6-16-37)38-17-7-4-8-18-38/h3-12,14-18,20-23,25-33,35H,13,19,24H2,1-2H3/t35-/m1/s1. The molecule has 2 nitrogen and oxygen atoms in total. The van der Waals surface area contributed by atoms with Crippen molar-refractivity contribution in [3.8, 4) is 11.1 Å². The molecule has 0 amide bonds. The van der Waals surface area contributed by atoms with Crippen LogP contribution in [0.5, 0.6) is 0 Å². The van der Waals surface area contributed by atoms with E-state index >= 15 is 0 Å². The Bertz CT molecular complexity index is 2560. The van der Waals surface area contributed by atoms with E-state index in [2.05, 4.69) is 189 Å². The third kappa shape index (κ3) is 4.93. The number of rotatable bonds is 6. The molecular weight excluding hydrogens is 643 g/mol. The van der Waals surface area contributed by atoms with Crippen LogP contribution in [-0.2, 0) is 5.41 Å². The van der Waals surface area contributed by atoms with Crippen LogP contribution >= 0.6 is 0 Å². The molecule has 0 radical (unpaired) electrons. The largest absolute Gasteiger partial charge is 0.456 e. The molecule has 1 aromatic heterocycles. The minimum absolute atomic E-state index is 0.423. The molecule has 53 heavy (non-hydrogen) atoms. The second-order valence-electron chi connectivity index (χ2n) is 14.9. The maximum absolute atomic E-state index is 6.55. The summed E-state index contributed by atoms with van der Waals surface area (Å²) in [7, 11) is 0. The zero-order chi connectivity index (χ0) is 35.5. The van der Waals surface area contributed by atoms with Gasteiger partial charge in [0.25, 0.3) is 0 Å². The van der Waals surface area contributed by atoms with Crippen molar-refractivity contribution in [1.82, 2.24) is 0 Å². The normalized spacial score (nSPS) is 16.9. The molecule has 3 aliphatic rings. The number of para-hydroxylation sites is 1. The summed E-state index contributed by atoms with van der Waals surface area (Å²) in [5.41, 5.74) is 17.0. The van der Waals surface area contributed by atoms with Gasteiger partial charge in [-0.3, -0.25) is 0 Å². The summed E-state index contributed by atoms with van der Waals surface area (Å²) in [6, 6.07) is 56.0. The van der Waals surface area contributed by atoms with Gasteiger partial charge in [-0.2, -0.15) is 0 Å². The number of benzene rings is 6. The van der Waals surface area contributed by atoms with Gasteiger partial charge in [-0.05, 0) is 107 Å². The first-order valence-electron chi connectivity index (χ1n) is 19.0. The predicted octanol–water partition coefficient (Wildman–Crippen LogP) is 13.5. The van der Waals surface area contributed by atoms with Crippen LogP contribution in [0.15, 0.2) is 186 Å². The topological polar surface area (TPSA) is 16.4 Å². The molecule has 0 spiro atoms. The molecule has 7 aromatic rings. The van der Waals surface area contributed by atoms with Gasteiger partial charge in [-0.15, -0.1) is 0 Å². The number of furan rings is 1. The van der Waals surface area contributed by atoms with Crippen LogP contribution in [0.25, 0.3) is 27.7 Å². The van der Waals surface area contributed by atoms with E-state index in [9.17, 15) is 0 Å². The van der Waals surface area contributed by atoms with E-state index in [1.54, 1.807) is 0 Å². The maximum Gasteiger partial charge on any atom is 0.139 e. The van der Waals surface area contributed by atoms with Crippen molar-refractivity contribution >= 4 is 27.9 Å². The first kappa shape index (κ1) is 31.6. The zero-order valence-corrected chi connectivity index (χ0v) is 30.2. The summed E-state index contributed by atoms with van der Waals surface area (Å²) in [4.78, 5) is 2.49. The van der Waals surface area contributed by atoms with E-state index in [0.29, 0.717) is 5.92 Å². The van der Waals surface area contributed by atoms with Crippen molar-refractivity contribution in [2.75, 3.05) is 4.90 Å². The van der Waals surface area contributed by atoms with E-state index in [1.165, 1.54) is 72.4 Å². The van der Waals surface area contributed by atoms with E-state index in [4.69, 9.17) is 4.42 Å². The summed E-state index contributed by atoms with van der Waals surface area (Å²) in [5, 5.41) is 1.23. The Labute approximate surface area is 312 Å². The number of fused-ring (bicyclic) bond motifs is 6. The lowest BCUT2D eigenvalue weighted by atomic mass is 9.67. The van der Waals surface area contributed by atoms with Gasteiger partial charge >= 0.3 is 0 Å². The molecule has 6 aromatic carbocycles. The second-order valence-corrected chi connectivity index (χ2v) is 14.9. The van der Waals surface area contributed by atoms with Crippen molar-refractivity contribution < 1.29 is 4.42 Å². The Morgan fingerprint density at radius 1 is 0.642 bits per heavy atom. The fourth-order valence-corrected chi connectivity index (χ4v) is 9.37. The molecule has 3 aliphatic carbocycles. The van der Waals surface area contributed by atoms with E-state index < -0.39 is 5.41 Å². The summed E-state index contributed by atoms with van der Waals surface area (Å²) in [6.45, 7) is 4.53. The number of anilines is 2. The molecule has 0 unspecified atom stereocenters. The second kappa shape index (κ2) is 12.5. The van der Waals surface area contributed by atoms with E-state index in [0.717, 1.165) is 36.3 Å². The summed E-state index contributed by atoms with van der Waals surface area (Å²) in [6.07, 6.45) is 10.1. The summed E-state index contributed by atoms with van der Waals surface area (Å²) >= 11 is 0. The minimum atomic E-state index is -0.453. The highest BCUT2D eigenvalue weighted by Gasteiger charge is 2.46. The average molecular weight is 684 g/mol. The fraction of sp³-hybridized carbons (Fsp3) is 0.137. The predicted molar refractivity (Wildman–Crippen MR) is 220 cm³/mol. The molecule has 0 fully saturated rings. The monoisotopic (exact) mass is 683 g/mol. The maximum atomic E-state index is 6.55. The lowest BCUT2D eigenvalue weighted by molar-refractivity contribution is 0.581. The third-order valence-electron chi connectivity index (χ3n) is 11.7. The van der Waals surface area contributed by atoms with Crippen molar-refractivity contribution in [2.24, 2.45) is 0 Å². The van der Waals surface area contributed by atoms with Gasteiger partial charge in [0, 0.05) is 33.6 Å². The molecule has 0 aliphatic heterocycles. The highest BCUT2D eigenvalue weighted by atomic mass is 16.3. The SMILES string of the molecule is CC1=CCCC(N(c2ccc(C3=CC[C@@H](C)c4c3oc3ccccc43)cc2)c2ccc3c(c2)C(c2ccccc2)(c2ccccc2)c2ccccc2-3)=C1. The Balaban J connectivity index is 1.14. The Hall–Kier alpha value is -6.12. The molecule has 1 atom stereocenters. The minimum Gasteiger partial charge on any atom is -0.456 e. The lowest BCUT2D eigenvalue weighted by Gasteiger charge is -2.35. The molecule has 256 valence electrons. The first-order valence-corrected chi connectivity index (χ1v) is 19.0. The molecule has 0 saturated carbocycles. The number of allylic oxidation sites excluding steroid dienone is 5. The Morgan fingerprint density at radius 3 is 2.06 bits per heavy atom. The van der Waals surface area contributed by atoms with Gasteiger partial charge in [0.2, 0.25) is 0 Å². The summed E-state index contributed by atoms with van der Waals surface area (Å²) < 4.78 is 6.55. The molecule has 0 N–H and O–H groups in total. The van der Waals surface area contributed by atoms with Gasteiger partial charge in [0.15, 0.2) is 0 Å². The Kier molecular flexibility index (Phi) is 7.47. The lowest BCUT2D eigenvalue weighted by Crippen LogP contribution is -2.29. The third-order valence-corrected chi connectivity index (χ3v) is 11.7. The van der Waals surface area contributed by atoms with Crippen molar-refractivity contribution in [1.29, 1.82) is 0 Å². The van der Waals surface area contributed by atoms with Crippen LogP contribution in [-0.4, -0.2) is 0 Å². The Morgan fingerprint density at radius 2 is 1.30 bits per heavy atom. The molecular formula is C51H41NO. The molecule has 0 bridgehead atoms. The molecule has 2 heteroatoms. The van der Waals surface area contributed by atoms with E-state index in [1.807, 2.05) is 0 Å². The smallest absolute Gasteiger partial charge is 0.139 e. The van der Waals surface area contributed by atoms with Crippen LogP contribution in [0.3, 0.4) is 0 Å². The first-order chi connectivity index (χ1) is 26.1. The van der Waals surface area contributed by atoms with E-state index in [-0.39, 0.29) is 0 Å². The number of nitrogens with zero attached hydrogens (tertiary/aromatic N) is 1. The van der Waals surface area contributed by atoms with Crippen LogP contribution < -0.4 is 4.90 Å². The van der Waals surface area contributed by atoms with Gasteiger partial charge in [-0.1, -0.05) is 146 Å². The van der Waals surface area contributed by atoms with Gasteiger partial charge in [-0.25, -0.2) is 0 Å². The summed E-state index contributed by atoms with van der Waals surface area (Å²) in [5.74, 6) is 1.44. The number of hydrogen-bond donors (Lipinski definition) is 0. The van der Waals surface area contributed by atoms with Crippen LogP contribution in [0.4, 0.5) is 11.4 Å². The van der Waals surface area contributed by atoms with Crippen LogP contribution in [0, 0.1) is 0 Å². The quantitative estimate of drug-likeness (QED) is 0.173. The van der Waals surface area contributed by atoms with Crippen molar-refractivity contribution in [3.63, 3.8) is 0 Å². The van der Waals surface area contributed by atoms with Gasteiger partial charge in [0.05, 0.1) is 5.41 Å². The highest BCUT2D eigenvalue weighted by Crippen LogP contribution is 2.57. The molecule has 10 rings (SSSR count). The molecule has 0 saturated heterocycles. The van der Waals surface area contributed by atoms with Crippen LogP contribution in [0.1, 0.15) is 78.2 Å². The van der Waals surface area contributed by atoms with Crippen molar-refractivity contribution in [3.05, 3.63) is 220 Å². The van der Waals surface area contributed by atoms with Gasteiger partial charge in [0.1, 0.15) is 11.3 Å². The van der Waals surface area contributed by atoms with Crippen molar-refractivity contribution in [2.45, 2.75) is 44.4 Å². The zero-order valence-electron chi connectivity index (χ0n) is 30.2. The number of hydrogen-bond acceptors (Lipinski definition) is 2. The van der Waals surface area contributed by atoms with Crippen LogP contribution in [0.2, 0.25) is 0 Å². The average Bonchev–Trinajstić information content (AvgIpc) is 3.74. The molecule has 1 heterocycles.